The molecule has 2 aromatic carbocycles. The van der Waals surface area contributed by atoms with Gasteiger partial charge in [0, 0.05) is 25.3 Å². The number of hydrogen-bond acceptors (Lipinski definition) is 7. The minimum atomic E-state index is -0.927. The lowest BCUT2D eigenvalue weighted by atomic mass is 10.1. The first-order valence-electron chi connectivity index (χ1n) is 12.3. The smallest absolute Gasteiger partial charge is 0.244 e. The lowest BCUT2D eigenvalue weighted by molar-refractivity contribution is -0.130. The molecule has 0 aromatic heterocycles. The Kier molecular flexibility index (Phi) is 8.54. The third-order valence-corrected chi connectivity index (χ3v) is 8.17. The monoisotopic (exact) mass is 497 g/mol. The van der Waals surface area contributed by atoms with E-state index in [0.717, 1.165) is 18.7 Å². The largest absolute Gasteiger partial charge is 0.506 e. The van der Waals surface area contributed by atoms with Crippen molar-refractivity contribution in [1.29, 1.82) is 0 Å². The molecular formula is C26H35N5O3S. The van der Waals surface area contributed by atoms with Gasteiger partial charge >= 0.3 is 0 Å². The zero-order valence-corrected chi connectivity index (χ0v) is 21.0. The molecule has 2 aliphatic heterocycles. The molecule has 0 bridgehead atoms. The number of aromatic hydroxyl groups is 1. The number of amides is 2. The molecule has 0 radical (unpaired) electrons. The summed E-state index contributed by atoms with van der Waals surface area (Å²) in [5.41, 5.74) is 8.86. The Morgan fingerprint density at radius 3 is 2.57 bits per heavy atom. The normalized spacial score (nSPS) is 21.3. The lowest BCUT2D eigenvalue weighted by Gasteiger charge is -2.26. The van der Waals surface area contributed by atoms with Gasteiger partial charge in [-0.25, -0.2) is 0 Å². The highest BCUT2D eigenvalue weighted by molar-refractivity contribution is 8.01. The van der Waals surface area contributed by atoms with Crippen molar-refractivity contribution in [1.82, 2.24) is 9.80 Å². The number of likely N-dealkylation sites (tertiary alicyclic amines) is 1. The first kappa shape index (κ1) is 25.3. The molecule has 4 rings (SSSR count). The number of phenols is 1. The minimum absolute atomic E-state index is 0.0250. The number of para-hydroxylation sites is 2. The standard InChI is InChI=1S/C26H35N5O3S/c1-2-31-25(34)22(35-26(31)23(27)24(33)29-20-7-3-4-8-21(20)32)17-28-19-11-9-18(10-12-19)13-16-30-14-5-6-15-30/h3-4,7-12,22-23,26,28,32H,2,5-6,13-17,27H2,1H3,(H,29,33)/t22-,23?,26?/m1/s1. The second-order valence-electron chi connectivity index (χ2n) is 9.05. The Labute approximate surface area is 211 Å². The number of anilines is 2. The Hall–Kier alpha value is -2.75. The zero-order chi connectivity index (χ0) is 24.8. The number of nitrogens with two attached hydrogens (primary N) is 1. The quantitative estimate of drug-likeness (QED) is 0.374. The van der Waals surface area contributed by atoms with Crippen LogP contribution in [0.1, 0.15) is 25.3 Å². The number of carbonyl (C=O) groups is 2. The number of benzene rings is 2. The van der Waals surface area contributed by atoms with E-state index in [1.165, 1.54) is 49.3 Å². The molecule has 5 N–H and O–H groups in total. The van der Waals surface area contributed by atoms with Crippen molar-refractivity contribution in [2.75, 3.05) is 43.4 Å². The average molecular weight is 498 g/mol. The molecule has 2 fully saturated rings. The fraction of sp³-hybridized carbons (Fsp3) is 0.462. The molecule has 0 saturated carbocycles. The number of likely N-dealkylation sites (N-methyl/N-ethyl adjacent to an activating group) is 1. The van der Waals surface area contributed by atoms with E-state index in [9.17, 15) is 14.7 Å². The van der Waals surface area contributed by atoms with Crippen molar-refractivity contribution in [3.05, 3.63) is 54.1 Å². The molecule has 188 valence electrons. The SMILES string of the molecule is CCN1C(=O)[C@@H](CNc2ccc(CCN3CCCC3)cc2)SC1C(N)C(=O)Nc1ccccc1O. The van der Waals surface area contributed by atoms with Crippen molar-refractivity contribution in [2.24, 2.45) is 5.73 Å². The van der Waals surface area contributed by atoms with Gasteiger partial charge in [0.25, 0.3) is 0 Å². The van der Waals surface area contributed by atoms with Gasteiger partial charge in [-0.3, -0.25) is 9.59 Å². The van der Waals surface area contributed by atoms with Crippen LogP contribution in [0, 0.1) is 0 Å². The first-order valence-corrected chi connectivity index (χ1v) is 13.3. The van der Waals surface area contributed by atoms with Crippen molar-refractivity contribution >= 4 is 35.0 Å². The second kappa shape index (κ2) is 11.8. The summed E-state index contributed by atoms with van der Waals surface area (Å²) in [6.07, 6.45) is 3.66. The number of rotatable bonds is 10. The van der Waals surface area contributed by atoms with E-state index in [-0.39, 0.29) is 16.9 Å². The molecule has 9 heteroatoms. The molecule has 35 heavy (non-hydrogen) atoms. The van der Waals surface area contributed by atoms with Gasteiger partial charge in [-0.2, -0.15) is 0 Å². The number of nitrogens with one attached hydrogen (secondary N) is 2. The van der Waals surface area contributed by atoms with Gasteiger partial charge in [-0.15, -0.1) is 11.8 Å². The summed E-state index contributed by atoms with van der Waals surface area (Å²) in [7, 11) is 0. The van der Waals surface area contributed by atoms with Gasteiger partial charge in [0.2, 0.25) is 11.8 Å². The van der Waals surface area contributed by atoms with E-state index in [1.807, 2.05) is 6.92 Å². The summed E-state index contributed by atoms with van der Waals surface area (Å²) in [5, 5.41) is 15.2. The topological polar surface area (TPSA) is 111 Å². The number of carbonyl (C=O) groups excluding carboxylic acids is 2. The molecule has 2 aromatic rings. The third-order valence-electron chi connectivity index (χ3n) is 6.64. The van der Waals surface area contributed by atoms with Crippen LogP contribution in [0.3, 0.4) is 0 Å². The molecule has 3 atom stereocenters. The van der Waals surface area contributed by atoms with Crippen LogP contribution in [-0.4, -0.2) is 76.1 Å². The highest BCUT2D eigenvalue weighted by Gasteiger charge is 2.44. The van der Waals surface area contributed by atoms with Crippen molar-refractivity contribution < 1.29 is 14.7 Å². The molecule has 2 heterocycles. The molecule has 0 aliphatic carbocycles. The molecular weight excluding hydrogens is 462 g/mol. The predicted molar refractivity (Wildman–Crippen MR) is 142 cm³/mol. The van der Waals surface area contributed by atoms with Crippen molar-refractivity contribution in [2.45, 2.75) is 42.9 Å². The molecule has 2 amide bonds. The summed E-state index contributed by atoms with van der Waals surface area (Å²) in [6, 6.07) is 14.0. The maximum atomic E-state index is 13.0. The number of hydrogen-bond donors (Lipinski definition) is 4. The van der Waals surface area contributed by atoms with Crippen LogP contribution in [0.5, 0.6) is 5.75 Å². The Morgan fingerprint density at radius 1 is 1.17 bits per heavy atom. The third kappa shape index (κ3) is 6.28. The maximum absolute atomic E-state index is 13.0. The number of thioether (sulfide) groups is 1. The van der Waals surface area contributed by atoms with Gasteiger partial charge in [-0.05, 0) is 69.1 Å². The molecule has 2 saturated heterocycles. The second-order valence-corrected chi connectivity index (χ2v) is 10.4. The number of phenolic OH excluding ortho intramolecular Hbond substituents is 1. The van der Waals surface area contributed by atoms with Crippen LogP contribution in [0.2, 0.25) is 0 Å². The summed E-state index contributed by atoms with van der Waals surface area (Å²) in [4.78, 5) is 29.9. The fourth-order valence-electron chi connectivity index (χ4n) is 4.58. The molecule has 8 nitrogen and oxygen atoms in total. The highest BCUT2D eigenvalue weighted by Crippen LogP contribution is 2.34. The van der Waals surface area contributed by atoms with Gasteiger partial charge in [0.15, 0.2) is 0 Å². The molecule has 0 spiro atoms. The van der Waals surface area contributed by atoms with Gasteiger partial charge in [0.1, 0.15) is 22.4 Å². The highest BCUT2D eigenvalue weighted by atomic mass is 32.2. The lowest BCUT2D eigenvalue weighted by Crippen LogP contribution is -2.50. The minimum Gasteiger partial charge on any atom is -0.506 e. The van der Waals surface area contributed by atoms with Crippen LogP contribution in [-0.2, 0) is 16.0 Å². The summed E-state index contributed by atoms with van der Waals surface area (Å²) in [5.74, 6) is -0.490. The summed E-state index contributed by atoms with van der Waals surface area (Å²) < 4.78 is 0. The maximum Gasteiger partial charge on any atom is 0.244 e. The average Bonchev–Trinajstić information content (AvgIpc) is 3.50. The van der Waals surface area contributed by atoms with Crippen LogP contribution >= 0.6 is 11.8 Å². The van der Waals surface area contributed by atoms with Crippen LogP contribution in [0.15, 0.2) is 48.5 Å². The van der Waals surface area contributed by atoms with E-state index in [2.05, 4.69) is 39.8 Å². The Balaban J connectivity index is 1.30. The molecule has 2 unspecified atom stereocenters. The van der Waals surface area contributed by atoms with E-state index < -0.39 is 17.3 Å². The summed E-state index contributed by atoms with van der Waals surface area (Å²) >= 11 is 1.41. The predicted octanol–water partition coefficient (Wildman–Crippen LogP) is 2.70. The van der Waals surface area contributed by atoms with Crippen LogP contribution in [0.25, 0.3) is 0 Å². The fourth-order valence-corrected chi connectivity index (χ4v) is 6.04. The van der Waals surface area contributed by atoms with Crippen molar-refractivity contribution in [3.8, 4) is 5.75 Å². The van der Waals surface area contributed by atoms with E-state index in [4.69, 9.17) is 5.73 Å². The molecule has 2 aliphatic rings. The Bertz CT molecular complexity index is 1010. The number of nitrogens with zero attached hydrogens (tertiary/aromatic N) is 2. The van der Waals surface area contributed by atoms with E-state index in [0.29, 0.717) is 18.8 Å². The van der Waals surface area contributed by atoms with Gasteiger partial charge in [-0.1, -0.05) is 24.3 Å². The van der Waals surface area contributed by atoms with Crippen LogP contribution in [0.4, 0.5) is 11.4 Å². The first-order chi connectivity index (χ1) is 17.0. The van der Waals surface area contributed by atoms with E-state index in [1.54, 1.807) is 23.1 Å². The van der Waals surface area contributed by atoms with Gasteiger partial charge in [0.05, 0.1) is 5.69 Å². The van der Waals surface area contributed by atoms with E-state index >= 15 is 0 Å². The zero-order valence-electron chi connectivity index (χ0n) is 20.2. The summed E-state index contributed by atoms with van der Waals surface area (Å²) in [6.45, 7) is 6.33. The van der Waals surface area contributed by atoms with Crippen LogP contribution < -0.4 is 16.4 Å². The van der Waals surface area contributed by atoms with Crippen molar-refractivity contribution in [3.63, 3.8) is 0 Å². The Morgan fingerprint density at radius 2 is 1.89 bits per heavy atom. The van der Waals surface area contributed by atoms with Gasteiger partial charge < -0.3 is 31.3 Å².